The van der Waals surface area contributed by atoms with Crippen molar-refractivity contribution in [1.82, 2.24) is 4.90 Å². The van der Waals surface area contributed by atoms with E-state index in [1.165, 1.54) is 12.1 Å². The van der Waals surface area contributed by atoms with Gasteiger partial charge in [-0.25, -0.2) is 0 Å². The molecule has 0 radical (unpaired) electrons. The Hall–Kier alpha value is -3.45. The standard InChI is InChI=1S/C23H23N3O4/c27-23(24-19-7-4-8-20(16-19)26(28)29)21-10-9-18(15-17-5-2-1-3-6-17)22(21)25-11-13-30-14-12-25/h1-8,15-16H,9-14H2,(H,24,27)/b18-15+. The number of ether oxygens (including phenoxy) is 1. The van der Waals surface area contributed by atoms with Crippen LogP contribution in [0.3, 0.4) is 0 Å². The van der Waals surface area contributed by atoms with Crippen LogP contribution in [-0.2, 0) is 9.53 Å². The minimum absolute atomic E-state index is 0.0498. The first-order valence-corrected chi connectivity index (χ1v) is 9.99. The van der Waals surface area contributed by atoms with Gasteiger partial charge in [0.25, 0.3) is 11.6 Å². The van der Waals surface area contributed by atoms with Gasteiger partial charge in [-0.15, -0.1) is 0 Å². The summed E-state index contributed by atoms with van der Waals surface area (Å²) in [6.07, 6.45) is 3.55. The normalized spacial score (nSPS) is 18.0. The molecule has 7 heteroatoms. The summed E-state index contributed by atoms with van der Waals surface area (Å²) in [7, 11) is 0. The SMILES string of the molecule is O=C(Nc1cccc([N+](=O)[O-])c1)C1=C(N2CCOCC2)/C(=C/c2ccccc2)CC1. The Kier molecular flexibility index (Phi) is 5.90. The minimum Gasteiger partial charge on any atom is -0.378 e. The van der Waals surface area contributed by atoms with E-state index in [1.807, 2.05) is 30.3 Å². The third-order valence-corrected chi connectivity index (χ3v) is 5.29. The third-order valence-electron chi connectivity index (χ3n) is 5.29. The molecule has 0 atom stereocenters. The number of nitro groups is 1. The first kappa shape index (κ1) is 19.8. The van der Waals surface area contributed by atoms with Crippen molar-refractivity contribution in [2.45, 2.75) is 12.8 Å². The lowest BCUT2D eigenvalue weighted by Gasteiger charge is -2.31. The molecule has 0 spiro atoms. The van der Waals surface area contributed by atoms with Crippen molar-refractivity contribution >= 4 is 23.4 Å². The predicted octanol–water partition coefficient (Wildman–Crippen LogP) is 4.00. The van der Waals surface area contributed by atoms with Crippen LogP contribution in [0.15, 0.2) is 71.4 Å². The maximum atomic E-state index is 13.1. The fraction of sp³-hybridized carbons (Fsp3) is 0.261. The summed E-state index contributed by atoms with van der Waals surface area (Å²) in [5.41, 5.74) is 4.27. The molecule has 2 aliphatic rings. The second-order valence-electron chi connectivity index (χ2n) is 7.27. The predicted molar refractivity (Wildman–Crippen MR) is 115 cm³/mol. The number of non-ortho nitro benzene ring substituents is 1. The number of nitro benzene ring substituents is 1. The number of nitrogens with zero attached hydrogens (tertiary/aromatic N) is 2. The van der Waals surface area contributed by atoms with E-state index in [1.54, 1.807) is 12.1 Å². The Morgan fingerprint density at radius 3 is 2.57 bits per heavy atom. The monoisotopic (exact) mass is 405 g/mol. The van der Waals surface area contributed by atoms with Gasteiger partial charge < -0.3 is 15.0 Å². The fourth-order valence-corrected chi connectivity index (χ4v) is 3.89. The lowest BCUT2D eigenvalue weighted by Crippen LogP contribution is -2.36. The van der Waals surface area contributed by atoms with Crippen LogP contribution in [0, 0.1) is 10.1 Å². The average molecular weight is 405 g/mol. The molecule has 30 heavy (non-hydrogen) atoms. The number of allylic oxidation sites excluding steroid dienone is 1. The molecule has 4 rings (SSSR count). The molecule has 1 saturated heterocycles. The average Bonchev–Trinajstić information content (AvgIpc) is 3.19. The lowest BCUT2D eigenvalue weighted by atomic mass is 10.1. The molecule has 1 heterocycles. The minimum atomic E-state index is -0.468. The molecule has 1 aliphatic carbocycles. The van der Waals surface area contributed by atoms with Crippen molar-refractivity contribution in [1.29, 1.82) is 0 Å². The number of hydrogen-bond donors (Lipinski definition) is 1. The molecule has 1 amide bonds. The first-order chi connectivity index (χ1) is 14.6. The van der Waals surface area contributed by atoms with Crippen LogP contribution in [0.4, 0.5) is 11.4 Å². The van der Waals surface area contributed by atoms with Gasteiger partial charge in [0.1, 0.15) is 0 Å². The molecule has 7 nitrogen and oxygen atoms in total. The van der Waals surface area contributed by atoms with Crippen LogP contribution in [0.25, 0.3) is 6.08 Å². The molecular weight excluding hydrogens is 382 g/mol. The number of anilines is 1. The molecule has 0 bridgehead atoms. The molecule has 0 aromatic heterocycles. The fourth-order valence-electron chi connectivity index (χ4n) is 3.89. The maximum absolute atomic E-state index is 13.1. The molecule has 1 N–H and O–H groups in total. The van der Waals surface area contributed by atoms with Gasteiger partial charge in [0.05, 0.1) is 18.1 Å². The molecule has 2 aromatic carbocycles. The summed E-state index contributed by atoms with van der Waals surface area (Å²) in [4.78, 5) is 25.9. The highest BCUT2D eigenvalue weighted by Crippen LogP contribution is 2.36. The van der Waals surface area contributed by atoms with Crippen molar-refractivity contribution in [2.24, 2.45) is 0 Å². The number of rotatable bonds is 5. The van der Waals surface area contributed by atoms with Gasteiger partial charge in [0.15, 0.2) is 0 Å². The Morgan fingerprint density at radius 2 is 1.83 bits per heavy atom. The van der Waals surface area contributed by atoms with Gasteiger partial charge in [0.2, 0.25) is 0 Å². The molecule has 0 unspecified atom stereocenters. The summed E-state index contributed by atoms with van der Waals surface area (Å²) in [6.45, 7) is 2.72. The van der Waals surface area contributed by atoms with Gasteiger partial charge in [-0.3, -0.25) is 14.9 Å². The number of amides is 1. The zero-order valence-corrected chi connectivity index (χ0v) is 16.5. The van der Waals surface area contributed by atoms with Crippen molar-refractivity contribution in [3.63, 3.8) is 0 Å². The highest BCUT2D eigenvalue weighted by Gasteiger charge is 2.30. The maximum Gasteiger partial charge on any atom is 0.271 e. The molecule has 1 aliphatic heterocycles. The Morgan fingerprint density at radius 1 is 1.07 bits per heavy atom. The van der Waals surface area contributed by atoms with Crippen molar-refractivity contribution in [3.8, 4) is 0 Å². The van der Waals surface area contributed by atoms with Crippen LogP contribution in [0.2, 0.25) is 0 Å². The highest BCUT2D eigenvalue weighted by atomic mass is 16.6. The van der Waals surface area contributed by atoms with Gasteiger partial charge in [0, 0.05) is 42.2 Å². The summed E-state index contributed by atoms with van der Waals surface area (Å²) in [5.74, 6) is -0.214. The smallest absolute Gasteiger partial charge is 0.271 e. The van der Waals surface area contributed by atoms with E-state index in [4.69, 9.17) is 4.74 Å². The quantitative estimate of drug-likeness (QED) is 0.600. The van der Waals surface area contributed by atoms with Crippen LogP contribution in [0.5, 0.6) is 0 Å². The summed E-state index contributed by atoms with van der Waals surface area (Å²) < 4.78 is 5.49. The van der Waals surface area contributed by atoms with Crippen LogP contribution >= 0.6 is 0 Å². The van der Waals surface area contributed by atoms with Crippen molar-refractivity contribution < 1.29 is 14.5 Å². The van der Waals surface area contributed by atoms with Crippen LogP contribution in [0.1, 0.15) is 18.4 Å². The highest BCUT2D eigenvalue weighted by molar-refractivity contribution is 6.05. The number of benzene rings is 2. The zero-order valence-electron chi connectivity index (χ0n) is 16.5. The third kappa shape index (κ3) is 4.41. The van der Waals surface area contributed by atoms with Gasteiger partial charge in [-0.05, 0) is 36.1 Å². The number of carbonyl (C=O) groups excluding carboxylic acids is 1. The van der Waals surface area contributed by atoms with E-state index in [-0.39, 0.29) is 11.6 Å². The molecule has 154 valence electrons. The van der Waals surface area contributed by atoms with Crippen LogP contribution in [-0.4, -0.2) is 42.0 Å². The number of morpholine rings is 1. The van der Waals surface area contributed by atoms with Crippen LogP contribution < -0.4 is 5.32 Å². The second-order valence-corrected chi connectivity index (χ2v) is 7.27. The summed E-state index contributed by atoms with van der Waals surface area (Å²) in [6, 6.07) is 16.1. The summed E-state index contributed by atoms with van der Waals surface area (Å²) >= 11 is 0. The van der Waals surface area contributed by atoms with Gasteiger partial charge in [-0.1, -0.05) is 36.4 Å². The molecule has 2 aromatic rings. The van der Waals surface area contributed by atoms with E-state index in [0.29, 0.717) is 30.9 Å². The van der Waals surface area contributed by atoms with E-state index >= 15 is 0 Å². The molecule has 1 fully saturated rings. The Balaban J connectivity index is 1.66. The number of hydrogen-bond acceptors (Lipinski definition) is 5. The van der Waals surface area contributed by atoms with E-state index < -0.39 is 4.92 Å². The van der Waals surface area contributed by atoms with E-state index in [9.17, 15) is 14.9 Å². The lowest BCUT2D eigenvalue weighted by molar-refractivity contribution is -0.384. The van der Waals surface area contributed by atoms with Crippen molar-refractivity contribution in [3.05, 3.63) is 87.1 Å². The van der Waals surface area contributed by atoms with Gasteiger partial charge >= 0.3 is 0 Å². The summed E-state index contributed by atoms with van der Waals surface area (Å²) in [5, 5.41) is 13.9. The Bertz CT molecular complexity index is 1010. The van der Waals surface area contributed by atoms with Crippen molar-refractivity contribution in [2.75, 3.05) is 31.6 Å². The topological polar surface area (TPSA) is 84.7 Å². The zero-order chi connectivity index (χ0) is 20.9. The van der Waals surface area contributed by atoms with E-state index in [0.717, 1.165) is 36.3 Å². The Labute approximate surface area is 174 Å². The molecular formula is C23H23N3O4. The largest absolute Gasteiger partial charge is 0.378 e. The second kappa shape index (κ2) is 8.92. The first-order valence-electron chi connectivity index (χ1n) is 9.99. The number of nitrogens with one attached hydrogen (secondary N) is 1. The van der Waals surface area contributed by atoms with E-state index in [2.05, 4.69) is 16.3 Å². The molecule has 0 saturated carbocycles. The van der Waals surface area contributed by atoms with Gasteiger partial charge in [-0.2, -0.15) is 0 Å². The number of carbonyl (C=O) groups is 1.